The van der Waals surface area contributed by atoms with Gasteiger partial charge >= 0.3 is 18.6 Å². The molecule has 0 aliphatic rings. The second-order valence-corrected chi connectivity index (χ2v) is 1.80. The molecule has 0 radical (unpaired) electrons. The molecule has 0 fully saturated rings. The summed E-state index contributed by atoms with van der Waals surface area (Å²) in [5.41, 5.74) is 0. The van der Waals surface area contributed by atoms with Crippen LogP contribution in [-0.2, 0) is 0 Å². The molecule has 0 saturated heterocycles. The normalized spacial score (nSPS) is 3.60. The second kappa shape index (κ2) is 3.65. The monoisotopic (exact) mass is 99.0 g/mol. The van der Waals surface area contributed by atoms with Gasteiger partial charge in [-0.05, 0) is 0 Å². The van der Waals surface area contributed by atoms with Gasteiger partial charge in [-0.3, -0.25) is 9.77 Å². The molecule has 0 aliphatic heterocycles. The van der Waals surface area contributed by atoms with Crippen LogP contribution in [0.4, 0.5) is 0 Å². The highest BCUT2D eigenvalue weighted by Crippen LogP contribution is 1.07. The minimum Gasteiger partial charge on any atom is -0.310 e. The number of hydrogen-bond acceptors (Lipinski definition) is 3. The van der Waals surface area contributed by atoms with Crippen molar-refractivity contribution in [2.45, 2.75) is 0 Å². The van der Waals surface area contributed by atoms with Crippen LogP contribution in [0.3, 0.4) is 0 Å². The molecule has 0 aromatic rings. The van der Waals surface area contributed by atoms with Crippen molar-refractivity contribution in [2.75, 3.05) is 0 Å². The molecule has 0 amide bonds. The Morgan fingerprint density at radius 3 is 1.60 bits per heavy atom. The summed E-state index contributed by atoms with van der Waals surface area (Å²) in [6, 6.07) is 0. The fourth-order valence-electron chi connectivity index (χ4n) is 0.0250. The Morgan fingerprint density at radius 2 is 1.60 bits per heavy atom. The summed E-state index contributed by atoms with van der Waals surface area (Å²) in [7, 11) is -0.660. The molecule has 0 aromatic carbocycles. The molecule has 0 atom stereocenters. The summed E-state index contributed by atoms with van der Waals surface area (Å²) in [6.07, 6.45) is 0. The minimum atomic E-state index is -0.330. The molecule has 0 heterocycles. The maximum Gasteiger partial charge on any atom is 0.330 e. The molecule has 0 unspecified atom stereocenters. The van der Waals surface area contributed by atoms with Crippen LogP contribution in [0.25, 0.3) is 0 Å². The van der Waals surface area contributed by atoms with Gasteiger partial charge in [0.1, 0.15) is 0 Å². The lowest BCUT2D eigenvalue weighted by Crippen LogP contribution is -2.04. The third-order valence-electron chi connectivity index (χ3n) is 0.112. The largest absolute Gasteiger partial charge is 0.330 e. The number of rotatable bonds is 0. The van der Waals surface area contributed by atoms with Crippen molar-refractivity contribution in [3.05, 3.63) is 0 Å². The van der Waals surface area contributed by atoms with Gasteiger partial charge in [-0.1, -0.05) is 0 Å². The number of nitrogens with zero attached hydrogens (tertiary/aromatic N) is 2. The second-order valence-electron chi connectivity index (χ2n) is 0.349. The average molecular weight is 99.2 g/mol. The van der Waals surface area contributed by atoms with E-state index in [1.54, 1.807) is 0 Å². The van der Waals surface area contributed by atoms with Gasteiger partial charge < -0.3 is 4.65 Å². The summed E-state index contributed by atoms with van der Waals surface area (Å²) in [5, 5.41) is 0. The van der Waals surface area contributed by atoms with Crippen molar-refractivity contribution < 1.29 is 0 Å². The van der Waals surface area contributed by atoms with Crippen LogP contribution in [0, 0.1) is 9.77 Å². The van der Waals surface area contributed by atoms with Gasteiger partial charge in [0, 0.05) is 0 Å². The predicted molar refractivity (Wildman–Crippen MR) is 18.1 cm³/mol. The summed E-state index contributed by atoms with van der Waals surface area (Å²) in [6.45, 7) is 0. The lowest BCUT2D eigenvalue weighted by molar-refractivity contribution is 1.48. The molecule has 0 bridgehead atoms. The topological polar surface area (TPSA) is 59.6 Å². The van der Waals surface area contributed by atoms with Gasteiger partial charge in [-0.15, -0.1) is 0 Å². The molecule has 0 aliphatic carbocycles. The fourth-order valence-corrected chi connectivity index (χ4v) is 0.225. The predicted octanol–water partition coefficient (Wildman–Crippen LogP) is -1.23. The zero-order chi connectivity index (χ0) is 4.12. The first-order chi connectivity index (χ1) is 2.41. The van der Waals surface area contributed by atoms with E-state index >= 15 is 0 Å². The van der Waals surface area contributed by atoms with Gasteiger partial charge in [0.2, 0.25) is 0 Å². The van der Waals surface area contributed by atoms with E-state index in [1.165, 1.54) is 0 Å². The van der Waals surface area contributed by atoms with Crippen molar-refractivity contribution in [1.82, 2.24) is 4.65 Å². The van der Waals surface area contributed by atoms with Gasteiger partial charge in [0.05, 0.1) is 0 Å². The van der Waals surface area contributed by atoms with Crippen molar-refractivity contribution >= 4 is 18.6 Å². The molecule has 24 valence electrons. The van der Waals surface area contributed by atoms with Crippen molar-refractivity contribution in [3.8, 4) is 0 Å². The Morgan fingerprint density at radius 1 is 1.20 bits per heavy atom. The van der Waals surface area contributed by atoms with E-state index in [-0.39, 0.29) is 18.6 Å². The first kappa shape index (κ1) is 4.65. The summed E-state index contributed by atoms with van der Waals surface area (Å²) in [4.78, 5) is 15.7. The van der Waals surface area contributed by atoms with Crippen LogP contribution in [0.2, 0.25) is 0 Å². The molecule has 5 heteroatoms. The fraction of sp³-hybridized carbons (Fsp3) is 0. The number of hydrogen-bond donors (Lipinski definition) is 1. The molecular weight excluding hydrogens is 98.2 g/mol. The van der Waals surface area contributed by atoms with Crippen LogP contribution in [0.15, 0.2) is 0 Å². The molecule has 3 nitrogen and oxygen atoms in total. The average Bonchev–Trinajstić information content (AvgIpc) is 1.41. The van der Waals surface area contributed by atoms with Gasteiger partial charge in [-0.25, -0.2) is 0 Å². The van der Waals surface area contributed by atoms with Crippen molar-refractivity contribution in [1.29, 1.82) is 9.77 Å². The Hall–Kier alpha value is -0.346. The van der Waals surface area contributed by atoms with Crippen LogP contribution >= 0.6 is 0 Å². The maximum atomic E-state index is 7.83. The zero-order valence-electron chi connectivity index (χ0n) is 2.39. The number of nitrogens with one attached hydrogen (secondary N) is 1. The first-order valence-corrected chi connectivity index (χ1v) is 2.84. The molecule has 0 spiro atoms. The van der Waals surface area contributed by atoms with Gasteiger partial charge in [0.25, 0.3) is 0 Å². The van der Waals surface area contributed by atoms with Crippen LogP contribution in [-0.4, -0.2) is 18.6 Å². The van der Waals surface area contributed by atoms with E-state index in [1.807, 2.05) is 0 Å². The quantitative estimate of drug-likeness (QED) is 0.387. The lowest BCUT2D eigenvalue weighted by Gasteiger charge is -1.55. The van der Waals surface area contributed by atoms with Crippen LogP contribution in [0.1, 0.15) is 0 Å². The Kier molecular flexibility index (Phi) is 3.40. The summed E-state index contributed by atoms with van der Waals surface area (Å²) in [5.74, 6) is 0. The van der Waals surface area contributed by atoms with E-state index in [0.29, 0.717) is 0 Å². The third kappa shape index (κ3) is 3.65. The summed E-state index contributed by atoms with van der Waals surface area (Å²) >= 11 is 0. The maximum absolute atomic E-state index is 7.83. The smallest absolute Gasteiger partial charge is 0.310 e. The van der Waals surface area contributed by atoms with E-state index in [0.717, 1.165) is 0 Å². The molecular formula is HN3Si2. The van der Waals surface area contributed by atoms with Crippen LogP contribution < -0.4 is 4.65 Å². The molecule has 0 rings (SSSR count). The van der Waals surface area contributed by atoms with Crippen molar-refractivity contribution in [2.24, 2.45) is 0 Å². The first-order valence-electron chi connectivity index (χ1n) is 0.947. The van der Waals surface area contributed by atoms with E-state index < -0.39 is 0 Å². The zero-order valence-corrected chi connectivity index (χ0v) is 4.39. The van der Waals surface area contributed by atoms with Gasteiger partial charge in [-0.2, -0.15) is 0 Å². The molecule has 1 N–H and O–H groups in total. The van der Waals surface area contributed by atoms with E-state index in [2.05, 4.69) is 4.65 Å². The van der Waals surface area contributed by atoms with Gasteiger partial charge in [0.15, 0.2) is 0 Å². The van der Waals surface area contributed by atoms with E-state index in [4.69, 9.17) is 9.77 Å². The summed E-state index contributed by atoms with van der Waals surface area (Å²) < 4.78 is 2.28. The van der Waals surface area contributed by atoms with Crippen molar-refractivity contribution in [3.63, 3.8) is 0 Å². The lowest BCUT2D eigenvalue weighted by atomic mass is 13.8. The highest BCUT2D eigenvalue weighted by atomic mass is 28.3. The van der Waals surface area contributed by atoms with E-state index in [9.17, 15) is 0 Å². The molecule has 5 heavy (non-hydrogen) atoms. The highest BCUT2D eigenvalue weighted by molar-refractivity contribution is 6.31. The molecule has 0 saturated carbocycles. The Bertz CT molecular complexity index is 70.0. The Balaban J connectivity index is 2.86. The van der Waals surface area contributed by atoms with Crippen LogP contribution in [0.5, 0.6) is 0 Å². The standard InChI is InChI=1S/HN3Si2/c1-4-3-5-2/h3H. The third-order valence-corrected chi connectivity index (χ3v) is 1.01. The SMILES string of the molecule is N#[Si]N[Si]#N. The molecule has 0 aromatic heterocycles. The minimum absolute atomic E-state index is 0.330. The Labute approximate surface area is 34.0 Å². The highest BCUT2D eigenvalue weighted by Gasteiger charge is 1.58.